The molecular weight excluding hydrogens is 400 g/mol. The van der Waals surface area contributed by atoms with Gasteiger partial charge < -0.3 is 0 Å². The average Bonchev–Trinajstić information content (AvgIpc) is 3.47. The van der Waals surface area contributed by atoms with Crippen molar-refractivity contribution in [1.82, 2.24) is 19.1 Å². The van der Waals surface area contributed by atoms with Gasteiger partial charge in [-0.15, -0.1) is 0 Å². The van der Waals surface area contributed by atoms with Gasteiger partial charge in [-0.05, 0) is 49.2 Å². The fourth-order valence-electron chi connectivity index (χ4n) is 2.98. The molecule has 146 valence electrons. The van der Waals surface area contributed by atoms with E-state index in [4.69, 9.17) is 11.6 Å². The molecule has 1 N–H and O–H groups in total. The summed E-state index contributed by atoms with van der Waals surface area (Å²) in [6, 6.07) is 15.3. The molecule has 1 aromatic heterocycles. The third-order valence-corrected chi connectivity index (χ3v) is 6.29. The van der Waals surface area contributed by atoms with Gasteiger partial charge in [0.2, 0.25) is 10.0 Å². The highest BCUT2D eigenvalue weighted by atomic mass is 35.5. The highest BCUT2D eigenvalue weighted by molar-refractivity contribution is 7.89. The Kier molecular flexibility index (Phi) is 5.09. The van der Waals surface area contributed by atoms with Crippen molar-refractivity contribution < 1.29 is 8.42 Å². The van der Waals surface area contributed by atoms with Gasteiger partial charge in [-0.1, -0.05) is 29.8 Å². The van der Waals surface area contributed by atoms with Crippen molar-refractivity contribution in [2.24, 2.45) is 0 Å². The number of nitrogens with zero attached hydrogens (tertiary/aromatic N) is 3. The Morgan fingerprint density at radius 1 is 1.07 bits per heavy atom. The van der Waals surface area contributed by atoms with Crippen LogP contribution in [0.2, 0.25) is 5.02 Å². The number of hydrogen-bond acceptors (Lipinski definition) is 4. The van der Waals surface area contributed by atoms with E-state index in [-0.39, 0.29) is 29.6 Å². The van der Waals surface area contributed by atoms with Crippen LogP contribution in [-0.4, -0.2) is 29.3 Å². The fourth-order valence-corrected chi connectivity index (χ4v) is 4.13. The van der Waals surface area contributed by atoms with E-state index >= 15 is 0 Å². The van der Waals surface area contributed by atoms with E-state index in [2.05, 4.69) is 9.82 Å². The first-order valence-electron chi connectivity index (χ1n) is 8.96. The van der Waals surface area contributed by atoms with E-state index in [1.807, 2.05) is 30.3 Å². The molecule has 0 unspecified atom stereocenters. The van der Waals surface area contributed by atoms with Crippen LogP contribution in [0, 0.1) is 0 Å². The third kappa shape index (κ3) is 3.89. The summed E-state index contributed by atoms with van der Waals surface area (Å²) in [6.07, 6.45) is 2.01. The largest absolute Gasteiger partial charge is 0.350 e. The normalized spacial score (nSPS) is 14.3. The quantitative estimate of drug-likeness (QED) is 0.638. The minimum absolute atomic E-state index is 0.0563. The SMILES string of the molecule is O=c1n(CCNS(=O)(=O)c2ccc(Cl)cc2)nc(C2CC2)n1-c1ccccc1. The third-order valence-electron chi connectivity index (χ3n) is 4.56. The Labute approximate surface area is 167 Å². The van der Waals surface area contributed by atoms with E-state index in [0.717, 1.165) is 24.4 Å². The second kappa shape index (κ2) is 7.54. The zero-order chi connectivity index (χ0) is 19.7. The number of nitrogens with one attached hydrogen (secondary N) is 1. The summed E-state index contributed by atoms with van der Waals surface area (Å²) in [5, 5.41) is 4.93. The molecule has 0 spiro atoms. The van der Waals surface area contributed by atoms with Gasteiger partial charge in [-0.2, -0.15) is 5.10 Å². The molecule has 0 atom stereocenters. The first-order chi connectivity index (χ1) is 13.5. The Morgan fingerprint density at radius 2 is 1.75 bits per heavy atom. The molecule has 1 fully saturated rings. The molecule has 2 aromatic carbocycles. The molecule has 4 rings (SSSR count). The zero-order valence-corrected chi connectivity index (χ0v) is 16.5. The maximum atomic E-state index is 12.9. The topological polar surface area (TPSA) is 86.0 Å². The van der Waals surface area contributed by atoms with Crippen LogP contribution in [0.15, 0.2) is 64.3 Å². The zero-order valence-electron chi connectivity index (χ0n) is 15.0. The first kappa shape index (κ1) is 18.9. The maximum absolute atomic E-state index is 12.9. The van der Waals surface area contributed by atoms with Crippen LogP contribution in [-0.2, 0) is 16.6 Å². The van der Waals surface area contributed by atoms with Crippen LogP contribution in [0.25, 0.3) is 5.69 Å². The highest BCUT2D eigenvalue weighted by Gasteiger charge is 2.31. The van der Waals surface area contributed by atoms with Crippen LogP contribution >= 0.6 is 11.6 Å². The van der Waals surface area contributed by atoms with Crippen molar-refractivity contribution in [3.8, 4) is 5.69 Å². The molecule has 0 aliphatic heterocycles. The summed E-state index contributed by atoms with van der Waals surface area (Å²) in [5.74, 6) is 1.01. The fraction of sp³-hybridized carbons (Fsp3) is 0.263. The van der Waals surface area contributed by atoms with Gasteiger partial charge in [0.05, 0.1) is 17.1 Å². The highest BCUT2D eigenvalue weighted by Crippen LogP contribution is 2.39. The summed E-state index contributed by atoms with van der Waals surface area (Å²) in [4.78, 5) is 13.0. The summed E-state index contributed by atoms with van der Waals surface area (Å²) in [5.41, 5.74) is 0.501. The number of halogens is 1. The van der Waals surface area contributed by atoms with Crippen molar-refractivity contribution in [1.29, 1.82) is 0 Å². The number of aromatic nitrogens is 3. The number of para-hydroxylation sites is 1. The van der Waals surface area contributed by atoms with E-state index in [1.165, 1.54) is 28.9 Å². The molecule has 0 radical (unpaired) electrons. The minimum atomic E-state index is -3.68. The van der Waals surface area contributed by atoms with Gasteiger partial charge in [0.1, 0.15) is 5.82 Å². The van der Waals surface area contributed by atoms with Crippen molar-refractivity contribution in [3.05, 3.63) is 75.9 Å². The lowest BCUT2D eigenvalue weighted by atomic mass is 10.3. The van der Waals surface area contributed by atoms with Gasteiger partial charge in [-0.25, -0.2) is 27.2 Å². The second-order valence-corrected chi connectivity index (χ2v) is 8.86. The number of rotatable bonds is 7. The molecule has 1 heterocycles. The van der Waals surface area contributed by atoms with Crippen LogP contribution < -0.4 is 10.4 Å². The Morgan fingerprint density at radius 3 is 2.39 bits per heavy atom. The predicted octanol–water partition coefficient (Wildman–Crippen LogP) is 2.54. The van der Waals surface area contributed by atoms with Crippen molar-refractivity contribution in [2.45, 2.75) is 30.2 Å². The van der Waals surface area contributed by atoms with Gasteiger partial charge in [-0.3, -0.25) is 0 Å². The molecule has 28 heavy (non-hydrogen) atoms. The second-order valence-electron chi connectivity index (χ2n) is 6.66. The summed E-state index contributed by atoms with van der Waals surface area (Å²) in [7, 11) is -3.68. The summed E-state index contributed by atoms with van der Waals surface area (Å²) >= 11 is 5.80. The number of hydrogen-bond donors (Lipinski definition) is 1. The summed E-state index contributed by atoms with van der Waals surface area (Å²) in [6.45, 7) is 0.200. The Bertz CT molecular complexity index is 1130. The molecule has 1 saturated carbocycles. The summed E-state index contributed by atoms with van der Waals surface area (Å²) < 4.78 is 30.2. The molecule has 9 heteroatoms. The van der Waals surface area contributed by atoms with E-state index in [9.17, 15) is 13.2 Å². The molecule has 0 saturated heterocycles. The van der Waals surface area contributed by atoms with Crippen LogP contribution in [0.4, 0.5) is 0 Å². The predicted molar refractivity (Wildman–Crippen MR) is 106 cm³/mol. The molecule has 7 nitrogen and oxygen atoms in total. The monoisotopic (exact) mass is 418 g/mol. The van der Waals surface area contributed by atoms with E-state index in [0.29, 0.717) is 5.02 Å². The molecule has 3 aromatic rings. The van der Waals surface area contributed by atoms with Gasteiger partial charge in [0, 0.05) is 17.5 Å². The Balaban J connectivity index is 1.53. The van der Waals surface area contributed by atoms with Crippen molar-refractivity contribution in [3.63, 3.8) is 0 Å². The van der Waals surface area contributed by atoms with Gasteiger partial charge in [0.15, 0.2) is 0 Å². The number of benzene rings is 2. The van der Waals surface area contributed by atoms with Gasteiger partial charge >= 0.3 is 5.69 Å². The van der Waals surface area contributed by atoms with Crippen molar-refractivity contribution in [2.75, 3.05) is 6.54 Å². The van der Waals surface area contributed by atoms with E-state index < -0.39 is 10.0 Å². The molecule has 1 aliphatic carbocycles. The Hall–Kier alpha value is -2.42. The van der Waals surface area contributed by atoms with Crippen molar-refractivity contribution >= 4 is 21.6 Å². The average molecular weight is 419 g/mol. The van der Waals surface area contributed by atoms with Crippen LogP contribution in [0.1, 0.15) is 24.6 Å². The lowest BCUT2D eigenvalue weighted by molar-refractivity contribution is 0.550. The molecular formula is C19H19ClN4O3S. The molecule has 0 bridgehead atoms. The smallest absolute Gasteiger partial charge is 0.247 e. The number of sulfonamides is 1. The standard InChI is InChI=1S/C19H19ClN4O3S/c20-15-8-10-17(11-9-15)28(26,27)21-12-13-23-19(25)24(16-4-2-1-3-5-16)18(22-23)14-6-7-14/h1-5,8-11,14,21H,6-7,12-13H2. The minimum Gasteiger partial charge on any atom is -0.247 e. The first-order valence-corrected chi connectivity index (χ1v) is 10.8. The lowest BCUT2D eigenvalue weighted by Crippen LogP contribution is -2.32. The van der Waals surface area contributed by atoms with Crippen LogP contribution in [0.3, 0.4) is 0 Å². The maximum Gasteiger partial charge on any atom is 0.350 e. The van der Waals surface area contributed by atoms with Gasteiger partial charge in [0.25, 0.3) is 0 Å². The van der Waals surface area contributed by atoms with E-state index in [1.54, 1.807) is 4.57 Å². The lowest BCUT2D eigenvalue weighted by Gasteiger charge is -2.06. The molecule has 1 aliphatic rings. The molecule has 0 amide bonds. The van der Waals surface area contributed by atoms with Crippen LogP contribution in [0.5, 0.6) is 0 Å².